The van der Waals surface area contributed by atoms with Crippen LogP contribution in [0.2, 0.25) is 0 Å². The van der Waals surface area contributed by atoms with Crippen molar-refractivity contribution in [3.05, 3.63) is 0 Å². The SMILES string of the molecule is CC(O)C(N)CN1CCCC1C. The lowest BCUT2D eigenvalue weighted by Crippen LogP contribution is -2.44. The van der Waals surface area contributed by atoms with Gasteiger partial charge in [-0.25, -0.2) is 0 Å². The van der Waals surface area contributed by atoms with Gasteiger partial charge < -0.3 is 10.8 Å². The zero-order chi connectivity index (χ0) is 9.14. The molecular formula is C9H20N2O. The van der Waals surface area contributed by atoms with E-state index in [2.05, 4.69) is 11.8 Å². The fourth-order valence-electron chi connectivity index (χ4n) is 1.69. The molecule has 72 valence electrons. The topological polar surface area (TPSA) is 49.5 Å². The van der Waals surface area contributed by atoms with Crippen LogP contribution in [0.1, 0.15) is 26.7 Å². The van der Waals surface area contributed by atoms with Crippen LogP contribution in [-0.4, -0.2) is 41.3 Å². The van der Waals surface area contributed by atoms with Crippen LogP contribution in [0, 0.1) is 0 Å². The van der Waals surface area contributed by atoms with E-state index in [9.17, 15) is 5.11 Å². The normalized spacial score (nSPS) is 30.5. The molecule has 1 heterocycles. The van der Waals surface area contributed by atoms with Gasteiger partial charge in [-0.1, -0.05) is 0 Å². The Hall–Kier alpha value is -0.120. The van der Waals surface area contributed by atoms with E-state index < -0.39 is 6.10 Å². The van der Waals surface area contributed by atoms with Crippen LogP contribution in [0.4, 0.5) is 0 Å². The average molecular weight is 172 g/mol. The van der Waals surface area contributed by atoms with Crippen molar-refractivity contribution in [2.24, 2.45) is 5.73 Å². The largest absolute Gasteiger partial charge is 0.392 e. The zero-order valence-corrected chi connectivity index (χ0v) is 8.03. The van der Waals surface area contributed by atoms with E-state index in [1.807, 2.05) is 0 Å². The standard InChI is InChI=1S/C9H20N2O/c1-7-4-3-5-11(7)6-9(10)8(2)12/h7-9,12H,3-6,10H2,1-2H3. The van der Waals surface area contributed by atoms with Crippen molar-refractivity contribution in [3.63, 3.8) is 0 Å². The highest BCUT2D eigenvalue weighted by Gasteiger charge is 2.23. The Bertz CT molecular complexity index is 138. The van der Waals surface area contributed by atoms with Gasteiger partial charge in [0.15, 0.2) is 0 Å². The predicted molar refractivity (Wildman–Crippen MR) is 49.9 cm³/mol. The Morgan fingerprint density at radius 2 is 2.33 bits per heavy atom. The first-order valence-corrected chi connectivity index (χ1v) is 4.79. The maximum atomic E-state index is 9.22. The summed E-state index contributed by atoms with van der Waals surface area (Å²) in [5.41, 5.74) is 5.77. The molecule has 0 aromatic heterocycles. The molecule has 3 heteroatoms. The molecule has 3 nitrogen and oxygen atoms in total. The molecule has 0 aromatic rings. The molecule has 3 N–H and O–H groups in total. The molecule has 0 aliphatic carbocycles. The molecule has 0 amide bonds. The fraction of sp³-hybridized carbons (Fsp3) is 1.00. The molecular weight excluding hydrogens is 152 g/mol. The summed E-state index contributed by atoms with van der Waals surface area (Å²) in [7, 11) is 0. The molecule has 0 radical (unpaired) electrons. The highest BCUT2D eigenvalue weighted by atomic mass is 16.3. The first-order chi connectivity index (χ1) is 5.61. The molecule has 12 heavy (non-hydrogen) atoms. The van der Waals surface area contributed by atoms with E-state index in [4.69, 9.17) is 5.73 Å². The minimum absolute atomic E-state index is 0.0921. The Morgan fingerprint density at radius 1 is 1.67 bits per heavy atom. The summed E-state index contributed by atoms with van der Waals surface area (Å²) in [4.78, 5) is 2.36. The molecule has 1 rings (SSSR count). The van der Waals surface area contributed by atoms with Crippen molar-refractivity contribution < 1.29 is 5.11 Å². The summed E-state index contributed by atoms with van der Waals surface area (Å²) in [6.45, 7) is 5.95. The Balaban J connectivity index is 2.30. The first kappa shape index (κ1) is 9.96. The van der Waals surface area contributed by atoms with E-state index in [1.165, 1.54) is 12.8 Å². The van der Waals surface area contributed by atoms with Gasteiger partial charge in [0, 0.05) is 18.6 Å². The monoisotopic (exact) mass is 172 g/mol. The lowest BCUT2D eigenvalue weighted by molar-refractivity contribution is 0.131. The molecule has 0 spiro atoms. The van der Waals surface area contributed by atoms with Crippen LogP contribution in [0.25, 0.3) is 0 Å². The summed E-state index contributed by atoms with van der Waals surface area (Å²) in [6, 6.07) is 0.556. The highest BCUT2D eigenvalue weighted by Crippen LogP contribution is 2.16. The van der Waals surface area contributed by atoms with Crippen LogP contribution in [0.3, 0.4) is 0 Å². The number of likely N-dealkylation sites (tertiary alicyclic amines) is 1. The molecule has 0 bridgehead atoms. The van der Waals surface area contributed by atoms with Crippen LogP contribution >= 0.6 is 0 Å². The van der Waals surface area contributed by atoms with Crippen molar-refractivity contribution in [1.82, 2.24) is 4.90 Å². The Kier molecular flexibility index (Phi) is 3.50. The second-order valence-corrected chi connectivity index (χ2v) is 3.89. The maximum absolute atomic E-state index is 9.22. The van der Waals surface area contributed by atoms with Crippen molar-refractivity contribution in [2.45, 2.75) is 44.9 Å². The third kappa shape index (κ3) is 2.44. The summed E-state index contributed by atoms with van der Waals surface area (Å²) in [6.07, 6.45) is 2.15. The molecule has 0 aromatic carbocycles. The van der Waals surface area contributed by atoms with Crippen LogP contribution in [0.15, 0.2) is 0 Å². The number of hydrogen-bond acceptors (Lipinski definition) is 3. The van der Waals surface area contributed by atoms with Crippen LogP contribution < -0.4 is 5.73 Å². The number of aliphatic hydroxyl groups excluding tert-OH is 1. The van der Waals surface area contributed by atoms with Crippen molar-refractivity contribution in [3.8, 4) is 0 Å². The molecule has 3 atom stereocenters. The molecule has 0 saturated carbocycles. The zero-order valence-electron chi connectivity index (χ0n) is 8.03. The second kappa shape index (κ2) is 4.21. The number of rotatable bonds is 3. The van der Waals surface area contributed by atoms with Gasteiger partial charge in [-0.3, -0.25) is 4.90 Å². The maximum Gasteiger partial charge on any atom is 0.0675 e. The van der Waals surface area contributed by atoms with E-state index in [-0.39, 0.29) is 6.04 Å². The molecule has 3 unspecified atom stereocenters. The van der Waals surface area contributed by atoms with Gasteiger partial charge in [0.05, 0.1) is 6.10 Å². The fourth-order valence-corrected chi connectivity index (χ4v) is 1.69. The van der Waals surface area contributed by atoms with Gasteiger partial charge in [-0.2, -0.15) is 0 Å². The van der Waals surface area contributed by atoms with Crippen molar-refractivity contribution in [2.75, 3.05) is 13.1 Å². The lowest BCUT2D eigenvalue weighted by atomic mass is 10.2. The molecule has 1 aliphatic heterocycles. The first-order valence-electron chi connectivity index (χ1n) is 4.79. The van der Waals surface area contributed by atoms with Gasteiger partial charge in [0.25, 0.3) is 0 Å². The molecule has 1 fully saturated rings. The predicted octanol–water partition coefficient (Wildman–Crippen LogP) is 0.179. The van der Waals surface area contributed by atoms with Gasteiger partial charge >= 0.3 is 0 Å². The van der Waals surface area contributed by atoms with E-state index in [0.717, 1.165) is 13.1 Å². The number of aliphatic hydroxyl groups is 1. The summed E-state index contributed by atoms with van der Waals surface area (Å²) in [5, 5.41) is 9.22. The van der Waals surface area contributed by atoms with Gasteiger partial charge in [-0.05, 0) is 33.2 Å². The van der Waals surface area contributed by atoms with Crippen LogP contribution in [-0.2, 0) is 0 Å². The van der Waals surface area contributed by atoms with Gasteiger partial charge in [-0.15, -0.1) is 0 Å². The number of nitrogens with two attached hydrogens (primary N) is 1. The lowest BCUT2D eigenvalue weighted by Gasteiger charge is -2.25. The van der Waals surface area contributed by atoms with Crippen LogP contribution in [0.5, 0.6) is 0 Å². The molecule has 1 saturated heterocycles. The van der Waals surface area contributed by atoms with Crippen molar-refractivity contribution >= 4 is 0 Å². The Labute approximate surface area is 74.5 Å². The third-order valence-electron chi connectivity index (χ3n) is 2.76. The van der Waals surface area contributed by atoms with E-state index >= 15 is 0 Å². The van der Waals surface area contributed by atoms with Crippen molar-refractivity contribution in [1.29, 1.82) is 0 Å². The van der Waals surface area contributed by atoms with E-state index in [0.29, 0.717) is 6.04 Å². The summed E-state index contributed by atoms with van der Waals surface area (Å²) < 4.78 is 0. The van der Waals surface area contributed by atoms with E-state index in [1.54, 1.807) is 6.92 Å². The number of nitrogens with zero attached hydrogens (tertiary/aromatic N) is 1. The Morgan fingerprint density at radius 3 is 2.75 bits per heavy atom. The summed E-state index contributed by atoms with van der Waals surface area (Å²) >= 11 is 0. The average Bonchev–Trinajstić information content (AvgIpc) is 2.36. The second-order valence-electron chi connectivity index (χ2n) is 3.89. The smallest absolute Gasteiger partial charge is 0.0675 e. The third-order valence-corrected chi connectivity index (χ3v) is 2.76. The minimum atomic E-state index is -0.391. The quantitative estimate of drug-likeness (QED) is 0.638. The number of hydrogen-bond donors (Lipinski definition) is 2. The molecule has 1 aliphatic rings. The minimum Gasteiger partial charge on any atom is -0.392 e. The highest BCUT2D eigenvalue weighted by molar-refractivity contribution is 4.80. The van der Waals surface area contributed by atoms with Gasteiger partial charge in [0.1, 0.15) is 0 Å². The van der Waals surface area contributed by atoms with Gasteiger partial charge in [0.2, 0.25) is 0 Å². The summed E-state index contributed by atoms with van der Waals surface area (Å²) in [5.74, 6) is 0.